The van der Waals surface area contributed by atoms with Crippen molar-refractivity contribution in [2.75, 3.05) is 17.2 Å². The van der Waals surface area contributed by atoms with Gasteiger partial charge in [-0.25, -0.2) is 4.39 Å². The maximum absolute atomic E-state index is 13.5. The molecule has 102 valence electrons. The number of carbonyl (C=O) groups is 1. The Morgan fingerprint density at radius 1 is 1.20 bits per heavy atom. The first kappa shape index (κ1) is 12.7. The number of anilines is 2. The Morgan fingerprint density at radius 2 is 1.95 bits per heavy atom. The largest absolute Gasteiger partial charge is 0.384 e. The Labute approximate surface area is 116 Å². The standard InChI is InChI=1S/C16H15FN2O/c17-13-6-2-4-8-15(13)19-16(20)9-11-10-18-14-7-3-1-5-12(11)14/h1-8,11,18H,9-10H2,(H,19,20). The molecule has 1 amide bonds. The quantitative estimate of drug-likeness (QED) is 0.898. The maximum atomic E-state index is 13.5. The van der Waals surface area contributed by atoms with Gasteiger partial charge in [0.05, 0.1) is 5.69 Å². The van der Waals surface area contributed by atoms with Crippen molar-refractivity contribution < 1.29 is 9.18 Å². The zero-order valence-corrected chi connectivity index (χ0v) is 10.9. The number of nitrogens with one attached hydrogen (secondary N) is 2. The van der Waals surface area contributed by atoms with Gasteiger partial charge in [-0.1, -0.05) is 30.3 Å². The minimum Gasteiger partial charge on any atom is -0.384 e. The van der Waals surface area contributed by atoms with Crippen molar-refractivity contribution in [1.29, 1.82) is 0 Å². The number of fused-ring (bicyclic) bond motifs is 1. The molecule has 4 heteroatoms. The van der Waals surface area contributed by atoms with Crippen LogP contribution in [0.1, 0.15) is 17.9 Å². The molecule has 1 aliphatic rings. The van der Waals surface area contributed by atoms with Crippen molar-refractivity contribution in [1.82, 2.24) is 0 Å². The summed E-state index contributed by atoms with van der Waals surface area (Å²) in [5.41, 5.74) is 2.46. The van der Waals surface area contributed by atoms with E-state index in [0.29, 0.717) is 6.42 Å². The molecule has 3 rings (SSSR count). The highest BCUT2D eigenvalue weighted by atomic mass is 19.1. The average Bonchev–Trinajstić information content (AvgIpc) is 2.85. The highest BCUT2D eigenvalue weighted by molar-refractivity contribution is 5.91. The van der Waals surface area contributed by atoms with Crippen LogP contribution in [0.15, 0.2) is 48.5 Å². The van der Waals surface area contributed by atoms with E-state index >= 15 is 0 Å². The summed E-state index contributed by atoms with van der Waals surface area (Å²) in [6, 6.07) is 14.2. The van der Waals surface area contributed by atoms with Crippen LogP contribution in [0.25, 0.3) is 0 Å². The fourth-order valence-electron chi connectivity index (χ4n) is 2.53. The van der Waals surface area contributed by atoms with Gasteiger partial charge in [0, 0.05) is 24.6 Å². The zero-order valence-electron chi connectivity index (χ0n) is 10.9. The number of para-hydroxylation sites is 2. The second-order valence-electron chi connectivity index (χ2n) is 4.90. The van der Waals surface area contributed by atoms with Crippen molar-refractivity contribution in [2.24, 2.45) is 0 Å². The van der Waals surface area contributed by atoms with Crippen LogP contribution in [0, 0.1) is 5.82 Å². The molecule has 1 atom stereocenters. The van der Waals surface area contributed by atoms with E-state index in [1.165, 1.54) is 6.07 Å². The van der Waals surface area contributed by atoms with Crippen molar-refractivity contribution in [2.45, 2.75) is 12.3 Å². The third kappa shape index (κ3) is 2.50. The normalized spacial score (nSPS) is 16.4. The fraction of sp³-hybridized carbons (Fsp3) is 0.188. The Morgan fingerprint density at radius 3 is 2.80 bits per heavy atom. The van der Waals surface area contributed by atoms with Gasteiger partial charge in [0.2, 0.25) is 5.91 Å². The molecule has 0 fully saturated rings. The second-order valence-corrected chi connectivity index (χ2v) is 4.90. The number of amides is 1. The van der Waals surface area contributed by atoms with E-state index < -0.39 is 5.82 Å². The van der Waals surface area contributed by atoms with E-state index in [9.17, 15) is 9.18 Å². The molecule has 2 aromatic rings. The predicted molar refractivity (Wildman–Crippen MR) is 77.3 cm³/mol. The number of halogens is 1. The number of carbonyl (C=O) groups excluding carboxylic acids is 1. The van der Waals surface area contributed by atoms with Gasteiger partial charge in [-0.2, -0.15) is 0 Å². The highest BCUT2D eigenvalue weighted by Gasteiger charge is 2.24. The molecule has 0 bridgehead atoms. The summed E-state index contributed by atoms with van der Waals surface area (Å²) in [5, 5.41) is 5.90. The Balaban J connectivity index is 1.68. The van der Waals surface area contributed by atoms with Crippen LogP contribution in [-0.2, 0) is 4.79 Å². The first-order valence-corrected chi connectivity index (χ1v) is 6.61. The van der Waals surface area contributed by atoms with E-state index in [4.69, 9.17) is 0 Å². The minimum absolute atomic E-state index is 0.137. The van der Waals surface area contributed by atoms with Crippen LogP contribution in [0.4, 0.5) is 15.8 Å². The number of benzene rings is 2. The Kier molecular flexibility index (Phi) is 3.37. The van der Waals surface area contributed by atoms with Gasteiger partial charge in [-0.15, -0.1) is 0 Å². The molecule has 2 N–H and O–H groups in total. The molecule has 0 aliphatic carbocycles. The van der Waals surface area contributed by atoms with Crippen molar-refractivity contribution >= 4 is 17.3 Å². The topological polar surface area (TPSA) is 41.1 Å². The fourth-order valence-corrected chi connectivity index (χ4v) is 2.53. The molecule has 0 saturated heterocycles. The lowest BCUT2D eigenvalue weighted by Gasteiger charge is -2.11. The van der Waals surface area contributed by atoms with Gasteiger partial charge < -0.3 is 10.6 Å². The average molecular weight is 270 g/mol. The van der Waals surface area contributed by atoms with Crippen LogP contribution >= 0.6 is 0 Å². The van der Waals surface area contributed by atoms with Gasteiger partial charge in [0.15, 0.2) is 0 Å². The molecule has 1 unspecified atom stereocenters. The summed E-state index contributed by atoms with van der Waals surface area (Å²) in [7, 11) is 0. The Bertz CT molecular complexity index is 642. The molecular formula is C16H15FN2O. The third-order valence-electron chi connectivity index (χ3n) is 3.52. The number of hydrogen-bond acceptors (Lipinski definition) is 2. The Hall–Kier alpha value is -2.36. The lowest BCUT2D eigenvalue weighted by atomic mass is 9.97. The highest BCUT2D eigenvalue weighted by Crippen LogP contribution is 2.33. The summed E-state index contributed by atoms with van der Waals surface area (Å²) in [6.07, 6.45) is 0.346. The van der Waals surface area contributed by atoms with E-state index in [1.807, 2.05) is 24.3 Å². The lowest BCUT2D eigenvalue weighted by Crippen LogP contribution is -2.17. The molecule has 0 saturated carbocycles. The van der Waals surface area contributed by atoms with Crippen LogP contribution < -0.4 is 10.6 Å². The maximum Gasteiger partial charge on any atom is 0.225 e. The molecule has 20 heavy (non-hydrogen) atoms. The monoisotopic (exact) mass is 270 g/mol. The van der Waals surface area contributed by atoms with Crippen LogP contribution in [0.3, 0.4) is 0 Å². The van der Waals surface area contributed by atoms with E-state index in [1.54, 1.807) is 18.2 Å². The van der Waals surface area contributed by atoms with Gasteiger partial charge in [0.1, 0.15) is 5.82 Å². The molecule has 3 nitrogen and oxygen atoms in total. The molecule has 2 aromatic carbocycles. The molecule has 0 spiro atoms. The predicted octanol–water partition coefficient (Wildman–Crippen LogP) is 3.36. The summed E-state index contributed by atoms with van der Waals surface area (Å²) < 4.78 is 13.5. The molecule has 0 radical (unpaired) electrons. The molecular weight excluding hydrogens is 255 g/mol. The molecule has 1 aliphatic heterocycles. The van der Waals surface area contributed by atoms with Crippen molar-refractivity contribution in [3.05, 3.63) is 59.9 Å². The smallest absolute Gasteiger partial charge is 0.225 e. The van der Waals surface area contributed by atoms with Gasteiger partial charge >= 0.3 is 0 Å². The van der Waals surface area contributed by atoms with Crippen LogP contribution in [0.5, 0.6) is 0 Å². The van der Waals surface area contributed by atoms with Crippen LogP contribution in [0.2, 0.25) is 0 Å². The number of hydrogen-bond donors (Lipinski definition) is 2. The van der Waals surface area contributed by atoms with Gasteiger partial charge in [0.25, 0.3) is 0 Å². The van der Waals surface area contributed by atoms with E-state index in [-0.39, 0.29) is 17.5 Å². The van der Waals surface area contributed by atoms with E-state index in [2.05, 4.69) is 10.6 Å². The van der Waals surface area contributed by atoms with E-state index in [0.717, 1.165) is 17.8 Å². The van der Waals surface area contributed by atoms with Crippen molar-refractivity contribution in [3.63, 3.8) is 0 Å². The summed E-state index contributed by atoms with van der Waals surface area (Å²) in [4.78, 5) is 12.0. The van der Waals surface area contributed by atoms with Crippen LogP contribution in [-0.4, -0.2) is 12.5 Å². The lowest BCUT2D eigenvalue weighted by molar-refractivity contribution is -0.116. The SMILES string of the molecule is O=C(CC1CNc2ccccc21)Nc1ccccc1F. The molecule has 0 aromatic heterocycles. The summed E-state index contributed by atoms with van der Waals surface area (Å²) in [6.45, 7) is 0.740. The second kappa shape index (κ2) is 5.33. The first-order chi connectivity index (χ1) is 9.74. The minimum atomic E-state index is -0.411. The first-order valence-electron chi connectivity index (χ1n) is 6.61. The molecule has 1 heterocycles. The third-order valence-corrected chi connectivity index (χ3v) is 3.52. The zero-order chi connectivity index (χ0) is 13.9. The van der Waals surface area contributed by atoms with Gasteiger partial charge in [-0.05, 0) is 23.8 Å². The number of rotatable bonds is 3. The van der Waals surface area contributed by atoms with Gasteiger partial charge in [-0.3, -0.25) is 4.79 Å². The van der Waals surface area contributed by atoms with Crippen molar-refractivity contribution in [3.8, 4) is 0 Å². The summed E-state index contributed by atoms with van der Waals surface area (Å²) >= 11 is 0. The summed E-state index contributed by atoms with van der Waals surface area (Å²) in [5.74, 6) is -0.442.